The van der Waals surface area contributed by atoms with Crippen molar-refractivity contribution in [3.05, 3.63) is 53.3 Å². The highest BCUT2D eigenvalue weighted by atomic mass is 19.4. The van der Waals surface area contributed by atoms with Crippen LogP contribution in [0.2, 0.25) is 0 Å². The van der Waals surface area contributed by atoms with Crippen LogP contribution in [0.25, 0.3) is 16.9 Å². The van der Waals surface area contributed by atoms with Gasteiger partial charge in [0.05, 0.1) is 31.9 Å². The number of fused-ring (bicyclic) bond motifs is 2. The summed E-state index contributed by atoms with van der Waals surface area (Å²) in [5, 5.41) is 4.02. The molecule has 2 saturated heterocycles. The van der Waals surface area contributed by atoms with Crippen molar-refractivity contribution >= 4 is 11.6 Å². The Morgan fingerprint density at radius 2 is 1.94 bits per heavy atom. The Kier molecular flexibility index (Phi) is 4.73. The number of alkyl halides is 3. The van der Waals surface area contributed by atoms with Gasteiger partial charge < -0.3 is 9.80 Å². The van der Waals surface area contributed by atoms with Crippen LogP contribution >= 0.6 is 0 Å². The molecule has 2 aliphatic rings. The minimum atomic E-state index is -4.63. The van der Waals surface area contributed by atoms with Crippen LogP contribution in [0.15, 0.2) is 36.4 Å². The third kappa shape index (κ3) is 3.67. The molecule has 31 heavy (non-hydrogen) atoms. The molecule has 1 aromatic carbocycles. The number of halogens is 3. The van der Waals surface area contributed by atoms with Gasteiger partial charge in [-0.25, -0.2) is 9.50 Å². The number of nitrogens with one attached hydrogen (secondary N) is 1. The molecule has 0 spiro atoms. The molecule has 0 bridgehead atoms. The van der Waals surface area contributed by atoms with Gasteiger partial charge in [-0.3, -0.25) is 4.79 Å². The molecule has 3 aromatic rings. The molecule has 0 radical (unpaired) electrons. The quantitative estimate of drug-likeness (QED) is 0.679. The average Bonchev–Trinajstić information content (AvgIpc) is 3.38. The zero-order valence-corrected chi connectivity index (χ0v) is 17.1. The van der Waals surface area contributed by atoms with Crippen molar-refractivity contribution in [1.82, 2.24) is 19.5 Å². The number of nitrogens with zero attached hydrogens (tertiary/aromatic N) is 4. The van der Waals surface area contributed by atoms with Crippen molar-refractivity contribution in [1.29, 1.82) is 0 Å². The van der Waals surface area contributed by atoms with Crippen molar-refractivity contribution in [2.24, 2.45) is 0 Å². The van der Waals surface area contributed by atoms with Gasteiger partial charge in [0.15, 0.2) is 17.0 Å². The van der Waals surface area contributed by atoms with Crippen LogP contribution in [0.4, 0.5) is 13.2 Å². The van der Waals surface area contributed by atoms with Gasteiger partial charge in [-0.1, -0.05) is 29.8 Å². The van der Waals surface area contributed by atoms with Gasteiger partial charge in [0.2, 0.25) is 0 Å². The third-order valence-corrected chi connectivity index (χ3v) is 6.34. The Labute approximate surface area is 177 Å². The van der Waals surface area contributed by atoms with E-state index in [2.05, 4.69) is 10.1 Å². The second-order valence-corrected chi connectivity index (χ2v) is 8.44. The zero-order chi connectivity index (χ0) is 21.8. The molecule has 2 atom stereocenters. The number of carbonyl (C=O) groups excluding carboxylic acids is 1. The van der Waals surface area contributed by atoms with Crippen molar-refractivity contribution in [3.63, 3.8) is 0 Å². The molecular weight excluding hydrogens is 407 g/mol. The SMILES string of the molecule is Cc1ccc(-c2cc(C(F)(F)F)n3nc(C(=O)N4CC[NH+]5CCC[C@@H]5C4)cc3n2)cc1. The molecule has 1 amide bonds. The molecule has 0 saturated carbocycles. The van der Waals surface area contributed by atoms with E-state index in [1.165, 1.54) is 11.0 Å². The van der Waals surface area contributed by atoms with Crippen LogP contribution in [-0.4, -0.2) is 57.6 Å². The molecule has 1 unspecified atom stereocenters. The van der Waals surface area contributed by atoms with Crippen LogP contribution in [0.1, 0.15) is 34.6 Å². The Hall–Kier alpha value is -2.94. The first-order valence-electron chi connectivity index (χ1n) is 10.5. The number of amides is 1. The lowest BCUT2D eigenvalue weighted by molar-refractivity contribution is -0.916. The molecule has 4 heterocycles. The second-order valence-electron chi connectivity index (χ2n) is 8.44. The predicted octanol–water partition coefficient (Wildman–Crippen LogP) is 2.23. The summed E-state index contributed by atoms with van der Waals surface area (Å²) in [6.45, 7) is 5.11. The lowest BCUT2D eigenvalue weighted by atomic mass is 10.1. The maximum absolute atomic E-state index is 13.8. The van der Waals surface area contributed by atoms with Crippen LogP contribution in [0.3, 0.4) is 0 Å². The predicted molar refractivity (Wildman–Crippen MR) is 108 cm³/mol. The number of piperazine rings is 1. The Morgan fingerprint density at radius 3 is 2.68 bits per heavy atom. The lowest BCUT2D eigenvalue weighted by Gasteiger charge is -2.34. The number of quaternary nitrogens is 1. The highest BCUT2D eigenvalue weighted by Crippen LogP contribution is 2.32. The van der Waals surface area contributed by atoms with Gasteiger partial charge in [-0.05, 0) is 13.0 Å². The van der Waals surface area contributed by atoms with Gasteiger partial charge in [-0.2, -0.15) is 18.3 Å². The highest BCUT2D eigenvalue weighted by molar-refractivity contribution is 5.93. The molecule has 0 aliphatic carbocycles. The first kappa shape index (κ1) is 20.0. The molecule has 1 N–H and O–H groups in total. The van der Waals surface area contributed by atoms with Crippen molar-refractivity contribution in [2.75, 3.05) is 26.2 Å². The van der Waals surface area contributed by atoms with E-state index in [1.807, 2.05) is 19.1 Å². The molecular formula is C22H23F3N5O+. The maximum Gasteiger partial charge on any atom is 0.433 e. The number of hydrogen-bond donors (Lipinski definition) is 1. The number of benzene rings is 1. The van der Waals surface area contributed by atoms with E-state index < -0.39 is 11.9 Å². The van der Waals surface area contributed by atoms with E-state index in [4.69, 9.17) is 0 Å². The van der Waals surface area contributed by atoms with Gasteiger partial charge in [0.25, 0.3) is 5.91 Å². The topological polar surface area (TPSA) is 54.9 Å². The number of carbonyl (C=O) groups is 1. The van der Waals surface area contributed by atoms with E-state index in [-0.39, 0.29) is 22.9 Å². The Morgan fingerprint density at radius 1 is 1.16 bits per heavy atom. The second kappa shape index (κ2) is 7.33. The summed E-state index contributed by atoms with van der Waals surface area (Å²) >= 11 is 0. The smallest absolute Gasteiger partial charge is 0.330 e. The molecule has 162 valence electrons. The van der Waals surface area contributed by atoms with E-state index in [9.17, 15) is 18.0 Å². The lowest BCUT2D eigenvalue weighted by Crippen LogP contribution is -3.16. The normalized spacial score (nSPS) is 21.5. The van der Waals surface area contributed by atoms with E-state index >= 15 is 0 Å². The number of aromatic nitrogens is 3. The number of rotatable bonds is 2. The van der Waals surface area contributed by atoms with Gasteiger partial charge in [0.1, 0.15) is 6.04 Å². The molecule has 2 aromatic heterocycles. The fourth-order valence-electron chi connectivity index (χ4n) is 4.67. The van der Waals surface area contributed by atoms with Crippen LogP contribution in [0.5, 0.6) is 0 Å². The summed E-state index contributed by atoms with van der Waals surface area (Å²) in [5.74, 6) is -0.332. The van der Waals surface area contributed by atoms with Gasteiger partial charge >= 0.3 is 6.18 Å². The van der Waals surface area contributed by atoms with E-state index in [0.29, 0.717) is 24.7 Å². The van der Waals surface area contributed by atoms with Gasteiger partial charge in [0, 0.05) is 24.5 Å². The zero-order valence-electron chi connectivity index (χ0n) is 17.1. The Bertz CT molecular complexity index is 1140. The van der Waals surface area contributed by atoms with Crippen molar-refractivity contribution < 1.29 is 22.9 Å². The summed E-state index contributed by atoms with van der Waals surface area (Å²) in [6, 6.07) is 9.88. The van der Waals surface area contributed by atoms with Crippen molar-refractivity contribution in [3.8, 4) is 11.3 Å². The molecule has 6 nitrogen and oxygen atoms in total. The fourth-order valence-corrected chi connectivity index (χ4v) is 4.67. The molecule has 9 heteroatoms. The first-order valence-corrected chi connectivity index (χ1v) is 10.5. The summed E-state index contributed by atoms with van der Waals surface area (Å²) in [4.78, 5) is 20.7. The molecule has 5 rings (SSSR count). The number of hydrogen-bond acceptors (Lipinski definition) is 3. The highest BCUT2D eigenvalue weighted by Gasteiger charge is 2.38. The van der Waals surface area contributed by atoms with E-state index in [1.54, 1.807) is 17.0 Å². The minimum Gasteiger partial charge on any atom is -0.330 e. The Balaban J connectivity index is 1.53. The molecule has 2 fully saturated rings. The monoisotopic (exact) mass is 430 g/mol. The average molecular weight is 430 g/mol. The summed E-state index contributed by atoms with van der Waals surface area (Å²) in [5.41, 5.74) is 0.841. The standard InChI is InChI=1S/C22H22F3N5O/c1-14-4-6-15(7-5-14)17-11-19(22(23,24)25)30-20(26-17)12-18(27-30)21(31)29-10-9-28-8-2-3-16(28)13-29/h4-7,11-12,16H,2-3,8-10,13H2,1H3/p+1/t16-/m1/s1. The van der Waals surface area contributed by atoms with E-state index in [0.717, 1.165) is 42.1 Å². The van der Waals surface area contributed by atoms with Crippen molar-refractivity contribution in [2.45, 2.75) is 32.0 Å². The summed E-state index contributed by atoms with van der Waals surface area (Å²) < 4.78 is 42.1. The van der Waals surface area contributed by atoms with Gasteiger partial charge in [-0.15, -0.1) is 0 Å². The summed E-state index contributed by atoms with van der Waals surface area (Å²) in [7, 11) is 0. The summed E-state index contributed by atoms with van der Waals surface area (Å²) in [6.07, 6.45) is -2.41. The minimum absolute atomic E-state index is 0.000466. The van der Waals surface area contributed by atoms with Crippen LogP contribution in [0, 0.1) is 6.92 Å². The maximum atomic E-state index is 13.8. The third-order valence-electron chi connectivity index (χ3n) is 6.34. The first-order chi connectivity index (χ1) is 14.8. The number of aryl methyl sites for hydroxylation is 1. The van der Waals surface area contributed by atoms with Crippen LogP contribution < -0.4 is 4.90 Å². The fraction of sp³-hybridized carbons (Fsp3) is 0.409. The largest absolute Gasteiger partial charge is 0.433 e. The molecule has 2 aliphatic heterocycles. The van der Waals surface area contributed by atoms with Crippen LogP contribution in [-0.2, 0) is 6.18 Å².